The monoisotopic (exact) mass is 393 g/mol. The summed E-state index contributed by atoms with van der Waals surface area (Å²) in [6, 6.07) is 3.50. The van der Waals surface area contributed by atoms with E-state index in [2.05, 4.69) is 40.4 Å². The number of hydrogen-bond acceptors (Lipinski definition) is 4. The maximum Gasteiger partial charge on any atom is 0.200 e. The Kier molecular flexibility index (Phi) is 6.11. The van der Waals surface area contributed by atoms with Crippen LogP contribution in [0.3, 0.4) is 0 Å². The van der Waals surface area contributed by atoms with Gasteiger partial charge in [0, 0.05) is 23.5 Å². The van der Waals surface area contributed by atoms with Gasteiger partial charge in [0.15, 0.2) is 0 Å². The fourth-order valence-corrected chi connectivity index (χ4v) is 3.62. The van der Waals surface area contributed by atoms with Gasteiger partial charge in [0.1, 0.15) is 5.82 Å². The van der Waals surface area contributed by atoms with Gasteiger partial charge in [-0.2, -0.15) is 4.80 Å². The van der Waals surface area contributed by atoms with Crippen LogP contribution in [0.1, 0.15) is 43.6 Å². The summed E-state index contributed by atoms with van der Waals surface area (Å²) in [5.74, 6) is 0.849. The van der Waals surface area contributed by atoms with Crippen molar-refractivity contribution in [2.75, 3.05) is 11.4 Å². The van der Waals surface area contributed by atoms with Crippen LogP contribution < -0.4 is 4.90 Å². The topological polar surface area (TPSA) is 46.8 Å². The van der Waals surface area contributed by atoms with Crippen molar-refractivity contribution in [1.29, 1.82) is 0 Å². The van der Waals surface area contributed by atoms with Crippen LogP contribution in [0.25, 0.3) is 11.1 Å². The Morgan fingerprint density at radius 3 is 2.69 bits per heavy atom. The van der Waals surface area contributed by atoms with Gasteiger partial charge in [0.05, 0.1) is 7.05 Å². The highest BCUT2D eigenvalue weighted by Crippen LogP contribution is 2.36. The van der Waals surface area contributed by atoms with Crippen LogP contribution >= 0.6 is 0 Å². The molecule has 1 unspecified atom stereocenters. The lowest BCUT2D eigenvalue weighted by Gasteiger charge is -2.23. The predicted octanol–water partition coefficient (Wildman–Crippen LogP) is 5.08. The first-order chi connectivity index (χ1) is 13.8. The van der Waals surface area contributed by atoms with E-state index in [1.54, 1.807) is 19.2 Å². The lowest BCUT2D eigenvalue weighted by Crippen LogP contribution is -2.19. The molecule has 2 aromatic rings. The normalized spacial score (nSPS) is 17.9. The number of nitrogens with zero attached hydrogens (tertiary/aromatic N) is 5. The van der Waals surface area contributed by atoms with E-state index in [1.807, 2.05) is 32.1 Å². The molecule has 1 aromatic carbocycles. The molecule has 0 radical (unpaired) electrons. The summed E-state index contributed by atoms with van der Waals surface area (Å²) in [5.41, 5.74) is 5.03. The van der Waals surface area contributed by atoms with Crippen LogP contribution in [-0.4, -0.2) is 26.8 Å². The van der Waals surface area contributed by atoms with Crippen LogP contribution in [-0.2, 0) is 7.05 Å². The Morgan fingerprint density at radius 1 is 1.34 bits per heavy atom. The summed E-state index contributed by atoms with van der Waals surface area (Å²) in [6.45, 7) is 15.0. The SMILES string of the molecule is C=C/C(=C\C=C(/C)c1nnn(C)n1)c1cc(C)c(N2CC(CC)CC2=C)cc1F. The molecule has 29 heavy (non-hydrogen) atoms. The molecule has 1 aliphatic rings. The summed E-state index contributed by atoms with van der Waals surface area (Å²) in [7, 11) is 1.71. The molecule has 1 aliphatic heterocycles. The van der Waals surface area contributed by atoms with Crippen LogP contribution in [0.15, 0.2) is 49.2 Å². The fraction of sp³-hybridized carbons (Fsp3) is 0.348. The third-order valence-electron chi connectivity index (χ3n) is 5.41. The Morgan fingerprint density at radius 2 is 2.10 bits per heavy atom. The molecule has 0 saturated carbocycles. The molecule has 1 atom stereocenters. The highest BCUT2D eigenvalue weighted by atomic mass is 19.1. The summed E-state index contributed by atoms with van der Waals surface area (Å²) in [5, 5.41) is 12.0. The maximum absolute atomic E-state index is 15.1. The minimum atomic E-state index is -0.270. The molecule has 1 aromatic heterocycles. The summed E-state index contributed by atoms with van der Waals surface area (Å²) in [4.78, 5) is 3.55. The van der Waals surface area contributed by atoms with E-state index >= 15 is 4.39 Å². The molecule has 0 N–H and O–H groups in total. The van der Waals surface area contributed by atoms with E-state index in [1.165, 1.54) is 4.80 Å². The molecule has 0 spiro atoms. The molecule has 0 aliphatic carbocycles. The zero-order valence-corrected chi connectivity index (χ0v) is 17.6. The standard InChI is InChI=1S/C23H28FN5/c1-7-18-12-17(5)29(14-18)22-13-21(24)20(11-16(22)4)19(8-2)10-9-15(3)23-25-27-28(6)26-23/h8-11,13,18H,2,5,7,12,14H2,1,3-4,6H3/b15-9+,19-10+. The van der Waals surface area contributed by atoms with Crippen LogP contribution in [0.4, 0.5) is 10.1 Å². The van der Waals surface area contributed by atoms with Crippen molar-refractivity contribution in [3.8, 4) is 0 Å². The van der Waals surface area contributed by atoms with Crippen molar-refractivity contribution in [3.63, 3.8) is 0 Å². The first-order valence-corrected chi connectivity index (χ1v) is 9.85. The van der Waals surface area contributed by atoms with Crippen molar-refractivity contribution in [3.05, 3.63) is 72.0 Å². The van der Waals surface area contributed by atoms with Gasteiger partial charge in [-0.25, -0.2) is 4.39 Å². The molecular weight excluding hydrogens is 365 g/mol. The van der Waals surface area contributed by atoms with Crippen LogP contribution in [0, 0.1) is 18.7 Å². The predicted molar refractivity (Wildman–Crippen MR) is 117 cm³/mol. The van der Waals surface area contributed by atoms with Gasteiger partial charge in [-0.3, -0.25) is 0 Å². The van der Waals surface area contributed by atoms with E-state index in [9.17, 15) is 0 Å². The number of benzene rings is 1. The Balaban J connectivity index is 1.92. The highest BCUT2D eigenvalue weighted by molar-refractivity contribution is 5.79. The molecule has 1 saturated heterocycles. The second-order valence-corrected chi connectivity index (χ2v) is 7.55. The number of anilines is 1. The quantitative estimate of drug-likeness (QED) is 0.642. The van der Waals surface area contributed by atoms with E-state index in [0.29, 0.717) is 22.9 Å². The van der Waals surface area contributed by atoms with Crippen molar-refractivity contribution in [2.24, 2.45) is 13.0 Å². The first-order valence-electron chi connectivity index (χ1n) is 9.85. The lowest BCUT2D eigenvalue weighted by molar-refractivity contribution is 0.575. The third-order valence-corrected chi connectivity index (χ3v) is 5.41. The third kappa shape index (κ3) is 4.36. The lowest BCUT2D eigenvalue weighted by atomic mass is 10.00. The highest BCUT2D eigenvalue weighted by Gasteiger charge is 2.26. The minimum Gasteiger partial charge on any atom is -0.345 e. The molecule has 1 fully saturated rings. The fourth-order valence-electron chi connectivity index (χ4n) is 3.62. The van der Waals surface area contributed by atoms with Crippen LogP contribution in [0.2, 0.25) is 0 Å². The van der Waals surface area contributed by atoms with Gasteiger partial charge < -0.3 is 4.90 Å². The van der Waals surface area contributed by atoms with Gasteiger partial charge in [-0.15, -0.1) is 10.2 Å². The van der Waals surface area contributed by atoms with Crippen molar-refractivity contribution in [2.45, 2.75) is 33.6 Å². The number of aromatic nitrogens is 4. The van der Waals surface area contributed by atoms with Gasteiger partial charge in [0.25, 0.3) is 0 Å². The summed E-state index contributed by atoms with van der Waals surface area (Å²) >= 11 is 0. The van der Waals surface area contributed by atoms with E-state index in [-0.39, 0.29) is 5.82 Å². The van der Waals surface area contributed by atoms with E-state index in [0.717, 1.165) is 41.9 Å². The van der Waals surface area contributed by atoms with Gasteiger partial charge in [-0.1, -0.05) is 44.7 Å². The van der Waals surface area contributed by atoms with Crippen molar-refractivity contribution in [1.82, 2.24) is 20.2 Å². The maximum atomic E-state index is 15.1. The second-order valence-electron chi connectivity index (χ2n) is 7.55. The van der Waals surface area contributed by atoms with Crippen molar-refractivity contribution >= 4 is 16.8 Å². The number of halogens is 1. The Hall–Kier alpha value is -3.02. The van der Waals surface area contributed by atoms with Gasteiger partial charge in [0.2, 0.25) is 5.82 Å². The minimum absolute atomic E-state index is 0.270. The van der Waals surface area contributed by atoms with Crippen molar-refractivity contribution < 1.29 is 4.39 Å². The number of tetrazole rings is 1. The average Bonchev–Trinajstić information content (AvgIpc) is 3.29. The average molecular weight is 394 g/mol. The number of aryl methyl sites for hydroxylation is 2. The molecule has 6 heteroatoms. The van der Waals surface area contributed by atoms with Crippen LogP contribution in [0.5, 0.6) is 0 Å². The molecule has 0 bridgehead atoms. The van der Waals surface area contributed by atoms with Gasteiger partial charge in [-0.05, 0) is 60.2 Å². The molecule has 2 heterocycles. The second kappa shape index (κ2) is 8.55. The molecule has 3 rings (SSSR count). The summed E-state index contributed by atoms with van der Waals surface area (Å²) < 4.78 is 15.1. The first kappa shape index (κ1) is 20.7. The Bertz CT molecular complexity index is 999. The molecule has 5 nitrogen and oxygen atoms in total. The Labute approximate surface area is 171 Å². The summed E-state index contributed by atoms with van der Waals surface area (Å²) in [6.07, 6.45) is 7.42. The number of rotatable bonds is 6. The zero-order valence-electron chi connectivity index (χ0n) is 17.6. The smallest absolute Gasteiger partial charge is 0.200 e. The van der Waals surface area contributed by atoms with Gasteiger partial charge >= 0.3 is 0 Å². The molecule has 0 amide bonds. The zero-order chi connectivity index (χ0) is 21.1. The van der Waals surface area contributed by atoms with E-state index < -0.39 is 0 Å². The largest absolute Gasteiger partial charge is 0.345 e. The number of hydrogen-bond donors (Lipinski definition) is 0. The molecule has 152 valence electrons. The molecular formula is C23H28FN5. The van der Waals surface area contributed by atoms with E-state index in [4.69, 9.17) is 0 Å². The number of allylic oxidation sites excluding steroid dienone is 6.